The van der Waals surface area contributed by atoms with E-state index in [1.807, 2.05) is 24.3 Å². The lowest BCUT2D eigenvalue weighted by Gasteiger charge is -2.24. The van der Waals surface area contributed by atoms with Crippen molar-refractivity contribution in [3.8, 4) is 5.75 Å². The second-order valence-electron chi connectivity index (χ2n) is 3.61. The summed E-state index contributed by atoms with van der Waals surface area (Å²) >= 11 is 4.61. The minimum Gasteiger partial charge on any atom is -0.480 e. The fourth-order valence-electron chi connectivity index (χ4n) is 1.71. The number of hydrogen-bond donors (Lipinski definition) is 2. The summed E-state index contributed by atoms with van der Waals surface area (Å²) in [7, 11) is 0. The van der Waals surface area contributed by atoms with E-state index in [9.17, 15) is 4.79 Å². The lowest BCUT2D eigenvalue weighted by molar-refractivity contribution is -0.127. The Morgan fingerprint density at radius 1 is 1.50 bits per heavy atom. The van der Waals surface area contributed by atoms with E-state index in [1.54, 1.807) is 0 Å². The maximum Gasteiger partial charge on any atom is 0.267 e. The fraction of sp³-hybridized carbons (Fsp3) is 0.273. The van der Waals surface area contributed by atoms with Crippen molar-refractivity contribution in [3.63, 3.8) is 0 Å². The average Bonchev–Trinajstić information content (AvgIpc) is 2.27. The van der Waals surface area contributed by atoms with E-state index in [0.717, 1.165) is 17.7 Å². The number of fused-ring (bicyclic) bond motifs is 1. The van der Waals surface area contributed by atoms with Crippen molar-refractivity contribution in [2.75, 3.05) is 0 Å². The fourth-order valence-corrected chi connectivity index (χ4v) is 1.81. The summed E-state index contributed by atoms with van der Waals surface area (Å²) in [5.41, 5.74) is 6.37. The maximum atomic E-state index is 11.6. The van der Waals surface area contributed by atoms with Crippen LogP contribution in [0, 0.1) is 0 Å². The first-order chi connectivity index (χ1) is 7.66. The smallest absolute Gasteiger partial charge is 0.267 e. The molecule has 5 heteroatoms. The number of ether oxygens (including phenoxy) is 1. The molecule has 0 saturated heterocycles. The van der Waals surface area contributed by atoms with Crippen LogP contribution in [-0.2, 0) is 11.2 Å². The second kappa shape index (κ2) is 4.49. The Hall–Kier alpha value is -1.62. The molecule has 0 spiro atoms. The molecule has 1 atom stereocenters. The van der Waals surface area contributed by atoms with Crippen LogP contribution in [0.4, 0.5) is 0 Å². The Balaban J connectivity index is 2.08. The molecule has 84 valence electrons. The molecule has 4 nitrogen and oxygen atoms in total. The molecule has 2 rings (SSSR count). The zero-order chi connectivity index (χ0) is 11.5. The third-order valence-electron chi connectivity index (χ3n) is 2.46. The van der Waals surface area contributed by atoms with Crippen LogP contribution in [0.5, 0.6) is 5.75 Å². The first-order valence-electron chi connectivity index (χ1n) is 5.01. The normalized spacial score (nSPS) is 18.1. The summed E-state index contributed by atoms with van der Waals surface area (Å²) in [6, 6.07) is 7.69. The highest BCUT2D eigenvalue weighted by Crippen LogP contribution is 2.26. The molecule has 16 heavy (non-hydrogen) atoms. The number of carbonyl (C=O) groups excluding carboxylic acids is 1. The van der Waals surface area contributed by atoms with Gasteiger partial charge in [0.1, 0.15) is 5.75 Å². The molecule has 1 aromatic rings. The predicted octanol–water partition coefficient (Wildman–Crippen LogP) is 0.740. The van der Waals surface area contributed by atoms with E-state index in [2.05, 4.69) is 17.5 Å². The van der Waals surface area contributed by atoms with Crippen LogP contribution in [0.3, 0.4) is 0 Å². The van der Waals surface area contributed by atoms with Gasteiger partial charge in [-0.1, -0.05) is 18.2 Å². The van der Waals surface area contributed by atoms with Crippen LogP contribution < -0.4 is 15.8 Å². The van der Waals surface area contributed by atoms with Crippen LogP contribution in [0.2, 0.25) is 0 Å². The zero-order valence-corrected chi connectivity index (χ0v) is 9.42. The van der Waals surface area contributed by atoms with E-state index in [-0.39, 0.29) is 11.0 Å². The molecule has 3 N–H and O–H groups in total. The number of para-hydroxylation sites is 1. The molecule has 0 radical (unpaired) electrons. The molecule has 0 saturated carbocycles. The van der Waals surface area contributed by atoms with Crippen LogP contribution in [0.25, 0.3) is 0 Å². The second-order valence-corrected chi connectivity index (χ2v) is 4.05. The van der Waals surface area contributed by atoms with Crippen molar-refractivity contribution < 1.29 is 9.53 Å². The number of carbonyl (C=O) groups is 1. The van der Waals surface area contributed by atoms with Gasteiger partial charge >= 0.3 is 0 Å². The number of thiocarbonyl (C=S) groups is 1. The summed E-state index contributed by atoms with van der Waals surface area (Å²) < 4.78 is 5.57. The predicted molar refractivity (Wildman–Crippen MR) is 64.1 cm³/mol. The monoisotopic (exact) mass is 236 g/mol. The van der Waals surface area contributed by atoms with Gasteiger partial charge in [0.15, 0.2) is 11.2 Å². The molecular weight excluding hydrogens is 224 g/mol. The molecule has 1 aliphatic heterocycles. The Morgan fingerprint density at radius 3 is 3.00 bits per heavy atom. The van der Waals surface area contributed by atoms with E-state index in [0.29, 0.717) is 6.42 Å². The van der Waals surface area contributed by atoms with Gasteiger partial charge in [-0.05, 0) is 36.7 Å². The minimum absolute atomic E-state index is 0.0209. The Bertz CT molecular complexity index is 434. The summed E-state index contributed by atoms with van der Waals surface area (Å²) in [4.78, 5) is 11.6. The highest BCUT2D eigenvalue weighted by atomic mass is 32.1. The van der Waals surface area contributed by atoms with Gasteiger partial charge in [0.25, 0.3) is 5.91 Å². The molecule has 1 heterocycles. The molecule has 1 aromatic carbocycles. The van der Waals surface area contributed by atoms with Crippen LogP contribution in [0.15, 0.2) is 24.3 Å². The summed E-state index contributed by atoms with van der Waals surface area (Å²) in [6.07, 6.45) is 0.966. The minimum atomic E-state index is -0.503. The van der Waals surface area contributed by atoms with Crippen molar-refractivity contribution in [1.29, 1.82) is 0 Å². The number of nitrogens with one attached hydrogen (secondary N) is 1. The lowest BCUT2D eigenvalue weighted by Crippen LogP contribution is -2.45. The average molecular weight is 236 g/mol. The third kappa shape index (κ3) is 2.30. The van der Waals surface area contributed by atoms with Crippen LogP contribution >= 0.6 is 12.2 Å². The van der Waals surface area contributed by atoms with Gasteiger partial charge in [-0.15, -0.1) is 0 Å². The summed E-state index contributed by atoms with van der Waals surface area (Å²) in [6.45, 7) is 0. The van der Waals surface area contributed by atoms with E-state index in [1.165, 1.54) is 0 Å². The molecule has 0 bridgehead atoms. The lowest BCUT2D eigenvalue weighted by atomic mass is 10.0. The number of nitrogens with two attached hydrogens (primary N) is 1. The molecule has 1 unspecified atom stereocenters. The Labute approximate surface area is 98.8 Å². The standard InChI is InChI=1S/C11H12N2O2S/c12-11(16)13-10(14)9-6-5-7-3-1-2-4-8(7)15-9/h1-4,9H,5-6H2,(H3,12,13,14,16). The molecule has 1 amide bonds. The van der Waals surface area contributed by atoms with Crippen molar-refractivity contribution in [3.05, 3.63) is 29.8 Å². The Kier molecular flexibility index (Phi) is 3.05. The molecule has 0 aromatic heterocycles. The number of hydrogen-bond acceptors (Lipinski definition) is 3. The SMILES string of the molecule is NC(=S)NC(=O)C1CCc2ccccc2O1. The van der Waals surface area contributed by atoms with Gasteiger partial charge in [0.05, 0.1) is 0 Å². The first kappa shape index (κ1) is 10.9. The van der Waals surface area contributed by atoms with Crippen molar-refractivity contribution in [2.45, 2.75) is 18.9 Å². The van der Waals surface area contributed by atoms with Crippen molar-refractivity contribution in [2.24, 2.45) is 5.73 Å². The highest BCUT2D eigenvalue weighted by molar-refractivity contribution is 7.80. The number of amides is 1. The van der Waals surface area contributed by atoms with E-state index in [4.69, 9.17) is 10.5 Å². The topological polar surface area (TPSA) is 64.3 Å². The maximum absolute atomic E-state index is 11.6. The van der Waals surface area contributed by atoms with E-state index >= 15 is 0 Å². The van der Waals surface area contributed by atoms with Gasteiger partial charge in [0.2, 0.25) is 0 Å². The summed E-state index contributed by atoms with van der Waals surface area (Å²) in [5.74, 6) is 0.485. The van der Waals surface area contributed by atoms with Crippen molar-refractivity contribution in [1.82, 2.24) is 5.32 Å². The van der Waals surface area contributed by atoms with Gasteiger partial charge < -0.3 is 15.8 Å². The number of benzene rings is 1. The van der Waals surface area contributed by atoms with Gasteiger partial charge in [0, 0.05) is 0 Å². The third-order valence-corrected chi connectivity index (χ3v) is 2.56. The molecule has 1 aliphatic rings. The molecular formula is C11H12N2O2S. The van der Waals surface area contributed by atoms with Gasteiger partial charge in [-0.2, -0.15) is 0 Å². The molecule has 0 aliphatic carbocycles. The zero-order valence-electron chi connectivity index (χ0n) is 8.60. The number of aryl methyl sites for hydroxylation is 1. The molecule has 0 fully saturated rings. The van der Waals surface area contributed by atoms with Crippen LogP contribution in [0.1, 0.15) is 12.0 Å². The summed E-state index contributed by atoms with van der Waals surface area (Å²) in [5, 5.41) is 2.37. The van der Waals surface area contributed by atoms with E-state index < -0.39 is 6.10 Å². The largest absolute Gasteiger partial charge is 0.480 e. The highest BCUT2D eigenvalue weighted by Gasteiger charge is 2.25. The number of rotatable bonds is 1. The van der Waals surface area contributed by atoms with Crippen LogP contribution in [-0.4, -0.2) is 17.1 Å². The van der Waals surface area contributed by atoms with Gasteiger partial charge in [-0.3, -0.25) is 4.79 Å². The quantitative estimate of drug-likeness (QED) is 0.706. The van der Waals surface area contributed by atoms with Gasteiger partial charge in [-0.25, -0.2) is 0 Å². The first-order valence-corrected chi connectivity index (χ1v) is 5.42. The van der Waals surface area contributed by atoms with Crippen molar-refractivity contribution >= 4 is 23.2 Å². The Morgan fingerprint density at radius 2 is 2.25 bits per heavy atom.